The molecular formula is C16H20N2. The van der Waals surface area contributed by atoms with Crippen LogP contribution in [0.15, 0.2) is 24.4 Å². The summed E-state index contributed by atoms with van der Waals surface area (Å²) in [6.45, 7) is 3.52. The fourth-order valence-electron chi connectivity index (χ4n) is 3.93. The molecule has 4 rings (SSSR count). The molecule has 0 spiro atoms. The molecule has 0 saturated carbocycles. The maximum absolute atomic E-state index is 3.78. The summed E-state index contributed by atoms with van der Waals surface area (Å²) in [7, 11) is 0. The molecule has 3 atom stereocenters. The van der Waals surface area contributed by atoms with Crippen molar-refractivity contribution in [3.8, 4) is 0 Å². The Morgan fingerprint density at radius 1 is 1.33 bits per heavy atom. The Kier molecular flexibility index (Phi) is 2.28. The highest BCUT2D eigenvalue weighted by Crippen LogP contribution is 2.42. The molecule has 2 nitrogen and oxygen atoms in total. The van der Waals surface area contributed by atoms with Crippen molar-refractivity contribution in [2.24, 2.45) is 5.92 Å². The molecule has 2 heteroatoms. The monoisotopic (exact) mass is 240 g/mol. The number of H-pyrrole nitrogens is 1. The molecule has 0 radical (unpaired) electrons. The van der Waals surface area contributed by atoms with Gasteiger partial charge in [-0.25, -0.2) is 0 Å². The number of aromatic nitrogens is 1. The maximum atomic E-state index is 3.78. The van der Waals surface area contributed by atoms with Crippen molar-refractivity contribution in [3.05, 3.63) is 35.5 Å². The van der Waals surface area contributed by atoms with Crippen molar-refractivity contribution >= 4 is 10.9 Å². The second kappa shape index (κ2) is 3.86. The van der Waals surface area contributed by atoms with Gasteiger partial charge < -0.3 is 10.3 Å². The van der Waals surface area contributed by atoms with Crippen LogP contribution in [-0.2, 0) is 6.42 Å². The molecule has 1 fully saturated rings. The van der Waals surface area contributed by atoms with E-state index < -0.39 is 0 Å². The van der Waals surface area contributed by atoms with E-state index in [4.69, 9.17) is 0 Å². The lowest BCUT2D eigenvalue weighted by atomic mass is 9.73. The summed E-state index contributed by atoms with van der Waals surface area (Å²) >= 11 is 0. The summed E-state index contributed by atoms with van der Waals surface area (Å²) in [5.74, 6) is 1.57. The van der Waals surface area contributed by atoms with Crippen molar-refractivity contribution in [1.82, 2.24) is 10.3 Å². The van der Waals surface area contributed by atoms with Crippen LogP contribution in [0.2, 0.25) is 0 Å². The fourth-order valence-corrected chi connectivity index (χ4v) is 3.93. The van der Waals surface area contributed by atoms with Crippen molar-refractivity contribution in [1.29, 1.82) is 0 Å². The van der Waals surface area contributed by atoms with Crippen LogP contribution < -0.4 is 5.32 Å². The Morgan fingerprint density at radius 2 is 2.28 bits per heavy atom. The molecule has 18 heavy (non-hydrogen) atoms. The van der Waals surface area contributed by atoms with Gasteiger partial charge in [-0.2, -0.15) is 0 Å². The predicted octanol–water partition coefficient (Wildman–Crippen LogP) is 3.20. The lowest BCUT2D eigenvalue weighted by Gasteiger charge is -2.40. The molecule has 94 valence electrons. The van der Waals surface area contributed by atoms with Crippen LogP contribution >= 0.6 is 0 Å². The summed E-state index contributed by atoms with van der Waals surface area (Å²) in [6, 6.07) is 7.41. The summed E-state index contributed by atoms with van der Waals surface area (Å²) in [4.78, 5) is 3.43. The molecule has 1 aliphatic carbocycles. The number of nitrogens with one attached hydrogen (secondary N) is 2. The minimum atomic E-state index is 0.654. The van der Waals surface area contributed by atoms with Gasteiger partial charge in [0.05, 0.1) is 0 Å². The van der Waals surface area contributed by atoms with Gasteiger partial charge in [0.25, 0.3) is 0 Å². The quantitative estimate of drug-likeness (QED) is 0.787. The number of aromatic amines is 1. The molecule has 1 saturated heterocycles. The van der Waals surface area contributed by atoms with Crippen LogP contribution in [0, 0.1) is 5.92 Å². The van der Waals surface area contributed by atoms with E-state index in [2.05, 4.69) is 41.6 Å². The van der Waals surface area contributed by atoms with Crippen LogP contribution in [0.3, 0.4) is 0 Å². The minimum Gasteiger partial charge on any atom is -0.361 e. The van der Waals surface area contributed by atoms with E-state index in [1.807, 2.05) is 0 Å². The third kappa shape index (κ3) is 1.39. The van der Waals surface area contributed by atoms with Gasteiger partial charge >= 0.3 is 0 Å². The number of benzene rings is 1. The normalized spacial score (nSPS) is 30.4. The first-order valence-electron chi connectivity index (χ1n) is 7.19. The molecule has 2 heterocycles. The molecule has 1 aliphatic heterocycles. The van der Waals surface area contributed by atoms with Gasteiger partial charge in [-0.3, -0.25) is 0 Å². The molecule has 2 aromatic rings. The standard InChI is InChI=1S/C16H20N2/c1-2-10-6-13-12-4-3-5-14-16(12)11(9-18-14)7-15(13)17-8-10/h3-5,9-10,13,15,17-18H,2,6-8H2,1H3/t10?,13-,15-/m1/s1. The highest BCUT2D eigenvalue weighted by atomic mass is 14.9. The lowest BCUT2D eigenvalue weighted by Crippen LogP contribution is -2.46. The molecule has 1 unspecified atom stereocenters. The Hall–Kier alpha value is -1.28. The van der Waals surface area contributed by atoms with Crippen LogP contribution in [0.5, 0.6) is 0 Å². The van der Waals surface area contributed by atoms with Crippen molar-refractivity contribution in [2.75, 3.05) is 6.54 Å². The number of hydrogen-bond donors (Lipinski definition) is 2. The summed E-state index contributed by atoms with van der Waals surface area (Å²) in [6.07, 6.45) is 6.06. The van der Waals surface area contributed by atoms with Crippen molar-refractivity contribution in [3.63, 3.8) is 0 Å². The van der Waals surface area contributed by atoms with E-state index in [1.165, 1.54) is 42.3 Å². The first kappa shape index (κ1) is 10.6. The van der Waals surface area contributed by atoms with Crippen LogP contribution in [-0.4, -0.2) is 17.6 Å². The van der Waals surface area contributed by atoms with E-state index in [0.29, 0.717) is 6.04 Å². The Bertz CT molecular complexity index is 584. The Balaban J connectivity index is 1.85. The first-order valence-corrected chi connectivity index (χ1v) is 7.19. The second-order valence-corrected chi connectivity index (χ2v) is 5.92. The van der Waals surface area contributed by atoms with E-state index in [-0.39, 0.29) is 0 Å². The lowest BCUT2D eigenvalue weighted by molar-refractivity contribution is 0.263. The molecule has 2 aliphatic rings. The number of fused-ring (bicyclic) bond motifs is 2. The van der Waals surface area contributed by atoms with Gasteiger partial charge in [-0.05, 0) is 42.5 Å². The van der Waals surface area contributed by atoms with E-state index in [9.17, 15) is 0 Å². The largest absolute Gasteiger partial charge is 0.361 e. The number of piperidine rings is 1. The fraction of sp³-hybridized carbons (Fsp3) is 0.500. The van der Waals surface area contributed by atoms with E-state index in [0.717, 1.165) is 11.8 Å². The van der Waals surface area contributed by atoms with Crippen LogP contribution in [0.4, 0.5) is 0 Å². The minimum absolute atomic E-state index is 0.654. The van der Waals surface area contributed by atoms with Gasteiger partial charge in [0.15, 0.2) is 0 Å². The highest BCUT2D eigenvalue weighted by Gasteiger charge is 2.35. The number of rotatable bonds is 1. The zero-order valence-corrected chi connectivity index (χ0v) is 10.9. The van der Waals surface area contributed by atoms with Gasteiger partial charge in [-0.1, -0.05) is 25.5 Å². The Morgan fingerprint density at radius 3 is 3.17 bits per heavy atom. The van der Waals surface area contributed by atoms with Gasteiger partial charge in [0.1, 0.15) is 0 Å². The second-order valence-electron chi connectivity index (χ2n) is 5.92. The first-order chi connectivity index (χ1) is 8.86. The average molecular weight is 240 g/mol. The SMILES string of the molecule is CCC1CN[C@@H]2Cc3c[nH]c4cccc(c34)[C@H]2C1. The van der Waals surface area contributed by atoms with Crippen molar-refractivity contribution < 1.29 is 0 Å². The molecule has 1 aromatic heterocycles. The Labute approximate surface area is 108 Å². The molecule has 1 aromatic carbocycles. The third-order valence-electron chi connectivity index (χ3n) is 4.98. The smallest absolute Gasteiger partial charge is 0.0459 e. The summed E-state index contributed by atoms with van der Waals surface area (Å²) in [5.41, 5.74) is 4.40. The molecule has 0 bridgehead atoms. The summed E-state index contributed by atoms with van der Waals surface area (Å²) < 4.78 is 0. The zero-order chi connectivity index (χ0) is 12.1. The molecule has 2 N–H and O–H groups in total. The van der Waals surface area contributed by atoms with Crippen LogP contribution in [0.25, 0.3) is 10.9 Å². The van der Waals surface area contributed by atoms with E-state index in [1.54, 1.807) is 5.56 Å². The zero-order valence-electron chi connectivity index (χ0n) is 10.9. The van der Waals surface area contributed by atoms with E-state index >= 15 is 0 Å². The number of hydrogen-bond acceptors (Lipinski definition) is 1. The van der Waals surface area contributed by atoms with Gasteiger partial charge in [0.2, 0.25) is 0 Å². The molecular weight excluding hydrogens is 220 g/mol. The predicted molar refractivity (Wildman–Crippen MR) is 74.9 cm³/mol. The van der Waals surface area contributed by atoms with Gasteiger partial charge in [0, 0.05) is 29.1 Å². The molecule has 0 amide bonds. The van der Waals surface area contributed by atoms with Gasteiger partial charge in [-0.15, -0.1) is 0 Å². The van der Waals surface area contributed by atoms with Crippen LogP contribution in [0.1, 0.15) is 36.8 Å². The summed E-state index contributed by atoms with van der Waals surface area (Å²) in [5, 5.41) is 5.29. The topological polar surface area (TPSA) is 27.8 Å². The van der Waals surface area contributed by atoms with Crippen molar-refractivity contribution in [2.45, 2.75) is 38.1 Å². The maximum Gasteiger partial charge on any atom is 0.0459 e. The third-order valence-corrected chi connectivity index (χ3v) is 4.98. The highest BCUT2D eigenvalue weighted by molar-refractivity contribution is 5.88. The average Bonchev–Trinajstić information content (AvgIpc) is 2.83.